The Kier molecular flexibility index (Phi) is 5.74. The molecule has 0 aliphatic heterocycles. The summed E-state index contributed by atoms with van der Waals surface area (Å²) >= 11 is 6.17. The number of alkyl halides is 3. The van der Waals surface area contributed by atoms with Crippen LogP contribution < -0.4 is 5.32 Å². The number of hydrogen-bond donors (Lipinski definition) is 1. The van der Waals surface area contributed by atoms with Crippen molar-refractivity contribution in [1.82, 2.24) is 9.97 Å². The van der Waals surface area contributed by atoms with Crippen LogP contribution in [0.3, 0.4) is 0 Å². The number of halogens is 4. The Morgan fingerprint density at radius 1 is 0.857 bits per heavy atom. The van der Waals surface area contributed by atoms with Gasteiger partial charge in [-0.25, -0.2) is 9.97 Å². The summed E-state index contributed by atoms with van der Waals surface area (Å²) in [5, 5.41) is 3.92. The number of nitrogens with zero attached hydrogens (tertiary/aromatic N) is 2. The number of amides is 1. The lowest BCUT2D eigenvalue weighted by Gasteiger charge is -2.06. The normalized spacial score (nSPS) is 11.5. The molecule has 5 aromatic rings. The molecule has 174 valence electrons. The van der Waals surface area contributed by atoms with Crippen molar-refractivity contribution < 1.29 is 22.4 Å². The van der Waals surface area contributed by atoms with Crippen LogP contribution in [0.4, 0.5) is 18.9 Å². The third-order valence-corrected chi connectivity index (χ3v) is 5.58. The first-order valence-corrected chi connectivity index (χ1v) is 10.8. The number of oxazole rings is 1. The molecule has 0 saturated heterocycles. The van der Waals surface area contributed by atoms with E-state index < -0.39 is 17.6 Å². The van der Waals surface area contributed by atoms with Crippen LogP contribution in [-0.4, -0.2) is 15.9 Å². The first-order valence-electron chi connectivity index (χ1n) is 10.4. The molecule has 0 fully saturated rings. The zero-order valence-electron chi connectivity index (χ0n) is 17.8. The summed E-state index contributed by atoms with van der Waals surface area (Å²) in [5.41, 5.74) is 0.782. The first-order chi connectivity index (χ1) is 16.8. The van der Waals surface area contributed by atoms with Crippen LogP contribution >= 0.6 is 11.6 Å². The van der Waals surface area contributed by atoms with Gasteiger partial charge in [0.25, 0.3) is 5.91 Å². The number of aromatic nitrogens is 2. The fourth-order valence-electron chi connectivity index (χ4n) is 3.51. The van der Waals surface area contributed by atoms with Gasteiger partial charge in [0.2, 0.25) is 5.89 Å². The highest BCUT2D eigenvalue weighted by Gasteiger charge is 2.30. The van der Waals surface area contributed by atoms with Gasteiger partial charge >= 0.3 is 6.18 Å². The molecule has 0 aliphatic rings. The van der Waals surface area contributed by atoms with Crippen LogP contribution in [0.25, 0.3) is 33.8 Å². The van der Waals surface area contributed by atoms with E-state index in [9.17, 15) is 18.0 Å². The van der Waals surface area contributed by atoms with Crippen molar-refractivity contribution in [2.45, 2.75) is 6.18 Å². The lowest BCUT2D eigenvalue weighted by atomic mass is 10.1. The Balaban J connectivity index is 1.60. The fourth-order valence-corrected chi connectivity index (χ4v) is 3.69. The van der Waals surface area contributed by atoms with Crippen LogP contribution in [0.15, 0.2) is 89.3 Å². The molecule has 1 amide bonds. The summed E-state index contributed by atoms with van der Waals surface area (Å²) in [7, 11) is 0. The molecule has 0 radical (unpaired) electrons. The minimum atomic E-state index is -4.48. The second kappa shape index (κ2) is 8.88. The second-order valence-corrected chi connectivity index (χ2v) is 8.00. The zero-order chi connectivity index (χ0) is 24.6. The maximum Gasteiger partial charge on any atom is 0.416 e. The molecule has 0 saturated carbocycles. The second-order valence-electron chi connectivity index (χ2n) is 7.60. The highest BCUT2D eigenvalue weighted by atomic mass is 35.5. The van der Waals surface area contributed by atoms with E-state index in [1.807, 2.05) is 30.3 Å². The number of hydrogen-bond acceptors (Lipinski definition) is 4. The number of nitrogens with one attached hydrogen (secondary N) is 1. The van der Waals surface area contributed by atoms with Crippen LogP contribution in [-0.2, 0) is 6.18 Å². The van der Waals surface area contributed by atoms with Gasteiger partial charge in [-0.05, 0) is 48.5 Å². The van der Waals surface area contributed by atoms with Gasteiger partial charge in [-0.15, -0.1) is 0 Å². The third-order valence-electron chi connectivity index (χ3n) is 5.25. The standard InChI is InChI=1S/C26H15ClF3N3O2/c27-18-6-2-4-8-20(18)32-24(34)22-23(21-14-11-15-5-1-3-7-19(15)31-21)35-25(33-22)16-9-12-17(13-10-16)26(28,29)30/h1-14H,(H,32,34). The molecule has 3 aromatic carbocycles. The maximum atomic E-state index is 13.2. The maximum absolute atomic E-state index is 13.2. The first kappa shape index (κ1) is 22.6. The molecule has 2 heterocycles. The summed E-state index contributed by atoms with van der Waals surface area (Å²) in [5.74, 6) is -0.548. The SMILES string of the molecule is O=C(Nc1ccccc1Cl)c1nc(-c2ccc(C(F)(F)F)cc2)oc1-c1ccc2ccccc2n1. The summed E-state index contributed by atoms with van der Waals surface area (Å²) < 4.78 is 44.8. The summed E-state index contributed by atoms with van der Waals surface area (Å²) in [4.78, 5) is 22.1. The molecule has 0 aliphatic carbocycles. The van der Waals surface area contributed by atoms with E-state index >= 15 is 0 Å². The topological polar surface area (TPSA) is 68.0 Å². The highest BCUT2D eigenvalue weighted by Crippen LogP contribution is 2.34. The largest absolute Gasteiger partial charge is 0.434 e. The molecule has 5 rings (SSSR count). The van der Waals surface area contributed by atoms with Gasteiger partial charge in [0.15, 0.2) is 11.5 Å². The lowest BCUT2D eigenvalue weighted by Crippen LogP contribution is -2.14. The number of pyridine rings is 1. The van der Waals surface area contributed by atoms with Crippen molar-refractivity contribution in [3.8, 4) is 22.9 Å². The van der Waals surface area contributed by atoms with Gasteiger partial charge in [-0.3, -0.25) is 4.79 Å². The van der Waals surface area contributed by atoms with Crippen molar-refractivity contribution in [2.24, 2.45) is 0 Å². The molecule has 0 bridgehead atoms. The predicted octanol–water partition coefficient (Wildman–Crippen LogP) is 7.48. The number of anilines is 1. The van der Waals surface area contributed by atoms with Crippen molar-refractivity contribution in [1.29, 1.82) is 0 Å². The van der Waals surface area contributed by atoms with Crippen molar-refractivity contribution in [3.63, 3.8) is 0 Å². The van der Waals surface area contributed by atoms with Gasteiger partial charge in [0, 0.05) is 10.9 Å². The van der Waals surface area contributed by atoms with Gasteiger partial charge in [-0.2, -0.15) is 13.2 Å². The predicted molar refractivity (Wildman–Crippen MR) is 127 cm³/mol. The van der Waals surface area contributed by atoms with E-state index in [1.165, 1.54) is 12.1 Å². The van der Waals surface area contributed by atoms with E-state index in [1.54, 1.807) is 30.3 Å². The van der Waals surface area contributed by atoms with Gasteiger partial charge < -0.3 is 9.73 Å². The highest BCUT2D eigenvalue weighted by molar-refractivity contribution is 6.33. The smallest absolute Gasteiger partial charge is 0.416 e. The van der Waals surface area contributed by atoms with Gasteiger partial charge in [0.1, 0.15) is 5.69 Å². The molecular formula is C26H15ClF3N3O2. The molecule has 0 atom stereocenters. The summed E-state index contributed by atoms with van der Waals surface area (Å²) in [6, 6.07) is 22.0. The summed E-state index contributed by atoms with van der Waals surface area (Å²) in [6.45, 7) is 0. The molecule has 5 nitrogen and oxygen atoms in total. The minimum Gasteiger partial charge on any atom is -0.434 e. The molecule has 9 heteroatoms. The molecule has 0 unspecified atom stereocenters. The van der Waals surface area contributed by atoms with E-state index in [0.717, 1.165) is 17.5 Å². The Hall–Kier alpha value is -4.17. The Bertz CT molecular complexity index is 1550. The van der Waals surface area contributed by atoms with Crippen molar-refractivity contribution in [2.75, 3.05) is 5.32 Å². The lowest BCUT2D eigenvalue weighted by molar-refractivity contribution is -0.137. The number of carbonyl (C=O) groups is 1. The molecule has 2 aromatic heterocycles. The van der Waals surface area contributed by atoms with Gasteiger partial charge in [0.05, 0.1) is 21.8 Å². The van der Waals surface area contributed by atoms with E-state index in [-0.39, 0.29) is 22.9 Å². The van der Waals surface area contributed by atoms with E-state index in [0.29, 0.717) is 21.9 Å². The van der Waals surface area contributed by atoms with Crippen molar-refractivity contribution >= 4 is 34.1 Å². The van der Waals surface area contributed by atoms with E-state index in [4.69, 9.17) is 16.0 Å². The van der Waals surface area contributed by atoms with Crippen LogP contribution in [0.2, 0.25) is 5.02 Å². The molecule has 35 heavy (non-hydrogen) atoms. The number of benzene rings is 3. The quantitative estimate of drug-likeness (QED) is 0.282. The number of fused-ring (bicyclic) bond motifs is 1. The molecular weight excluding hydrogens is 479 g/mol. The Morgan fingerprint density at radius 3 is 2.31 bits per heavy atom. The summed E-state index contributed by atoms with van der Waals surface area (Å²) in [6.07, 6.45) is -4.48. The Labute approximate surface area is 202 Å². The number of carbonyl (C=O) groups excluding carboxylic acids is 1. The van der Waals surface area contributed by atoms with E-state index in [2.05, 4.69) is 15.3 Å². The molecule has 1 N–H and O–H groups in total. The van der Waals surface area contributed by atoms with Crippen molar-refractivity contribution in [3.05, 3.63) is 101 Å². The average molecular weight is 494 g/mol. The van der Waals surface area contributed by atoms with Crippen LogP contribution in [0.1, 0.15) is 16.1 Å². The zero-order valence-corrected chi connectivity index (χ0v) is 18.6. The average Bonchev–Trinajstić information content (AvgIpc) is 3.30. The number of para-hydroxylation sites is 2. The number of rotatable bonds is 4. The Morgan fingerprint density at radius 2 is 1.57 bits per heavy atom. The van der Waals surface area contributed by atoms with Crippen LogP contribution in [0.5, 0.6) is 0 Å². The van der Waals surface area contributed by atoms with Gasteiger partial charge in [-0.1, -0.05) is 48.0 Å². The van der Waals surface area contributed by atoms with Crippen LogP contribution in [0, 0.1) is 0 Å². The minimum absolute atomic E-state index is 0.0204. The fraction of sp³-hybridized carbons (Fsp3) is 0.0385. The third kappa shape index (κ3) is 4.61. The molecule has 0 spiro atoms. The monoisotopic (exact) mass is 493 g/mol.